The van der Waals surface area contributed by atoms with Crippen LogP contribution in [0.3, 0.4) is 0 Å². The van der Waals surface area contributed by atoms with E-state index in [2.05, 4.69) is 5.32 Å². The number of carboxylic acids is 1. The molecule has 1 heterocycles. The number of carbonyl (C=O) groups is 2. The molecule has 0 bridgehead atoms. The van der Waals surface area contributed by atoms with Gasteiger partial charge in [0.2, 0.25) is 0 Å². The predicted octanol–water partition coefficient (Wildman–Crippen LogP) is 2.34. The van der Waals surface area contributed by atoms with E-state index in [0.29, 0.717) is 0 Å². The highest BCUT2D eigenvalue weighted by atomic mass is 16.7. The minimum atomic E-state index is -1.56. The molecule has 0 saturated carbocycles. The third-order valence-corrected chi connectivity index (χ3v) is 5.95. The van der Waals surface area contributed by atoms with E-state index in [-0.39, 0.29) is 42.3 Å². The van der Waals surface area contributed by atoms with Crippen LogP contribution in [0, 0.1) is 16.0 Å². The number of nitrogens with zero attached hydrogens (tertiary/aromatic N) is 1. The van der Waals surface area contributed by atoms with Crippen molar-refractivity contribution in [2.24, 2.45) is 5.92 Å². The van der Waals surface area contributed by atoms with Gasteiger partial charge < -0.3 is 29.7 Å². The number of nitro benzene ring substituents is 1. The normalized spacial score (nSPS) is 23.4. The molecule has 0 fully saturated rings. The second kappa shape index (κ2) is 11.4. The minimum Gasteiger partial charge on any atom is -0.481 e. The predicted molar refractivity (Wildman–Crippen MR) is 121 cm³/mol. The van der Waals surface area contributed by atoms with Crippen LogP contribution < -0.4 is 5.32 Å². The highest BCUT2D eigenvalue weighted by molar-refractivity contribution is 5.94. The van der Waals surface area contributed by atoms with Gasteiger partial charge in [0.15, 0.2) is 6.29 Å². The van der Waals surface area contributed by atoms with Crippen molar-refractivity contribution in [3.8, 4) is 0 Å². The fourth-order valence-corrected chi connectivity index (χ4v) is 4.28. The molecule has 0 saturated heterocycles. The zero-order valence-electron chi connectivity index (χ0n) is 19.9. The lowest BCUT2D eigenvalue weighted by atomic mass is 9.65. The van der Waals surface area contributed by atoms with E-state index in [0.717, 1.165) is 0 Å². The molecular weight excluding hydrogens is 448 g/mol. The number of nitrogens with one attached hydrogen (secondary N) is 1. The number of carbonyl (C=O) groups excluding carboxylic acids is 1. The minimum absolute atomic E-state index is 0.000532. The summed E-state index contributed by atoms with van der Waals surface area (Å²) in [6, 6.07) is 5.61. The summed E-state index contributed by atoms with van der Waals surface area (Å²) in [5.41, 5.74) is -2.02. The fourth-order valence-electron chi connectivity index (χ4n) is 4.28. The Bertz CT molecular complexity index is 940. The van der Waals surface area contributed by atoms with E-state index >= 15 is 0 Å². The second-order valence-corrected chi connectivity index (χ2v) is 7.98. The molecule has 188 valence electrons. The Hall–Kier alpha value is -3.02. The van der Waals surface area contributed by atoms with Crippen LogP contribution in [0.5, 0.6) is 0 Å². The van der Waals surface area contributed by atoms with E-state index in [4.69, 9.17) is 14.2 Å². The van der Waals surface area contributed by atoms with Gasteiger partial charge in [-0.2, -0.15) is 0 Å². The van der Waals surface area contributed by atoms with E-state index in [1.807, 2.05) is 0 Å². The summed E-state index contributed by atoms with van der Waals surface area (Å²) < 4.78 is 16.6. The van der Waals surface area contributed by atoms with Crippen molar-refractivity contribution in [2.45, 2.75) is 58.5 Å². The first-order valence-electron chi connectivity index (χ1n) is 11.1. The van der Waals surface area contributed by atoms with Gasteiger partial charge >= 0.3 is 11.9 Å². The highest BCUT2D eigenvalue weighted by Crippen LogP contribution is 2.48. The molecule has 1 aliphatic heterocycles. The first kappa shape index (κ1) is 27.2. The number of esters is 1. The lowest BCUT2D eigenvalue weighted by Crippen LogP contribution is -2.64. The molecule has 1 aromatic rings. The SMILES string of the molecule is CCOC(=O)C1=C(C(OCC)OCC)NC(C)(C(C)O)C(C(=O)O)C1c1ccccc1[N+](=O)[O-]. The summed E-state index contributed by atoms with van der Waals surface area (Å²) >= 11 is 0. The van der Waals surface area contributed by atoms with Crippen LogP contribution in [0.15, 0.2) is 35.5 Å². The first-order chi connectivity index (χ1) is 16.0. The molecule has 2 rings (SSSR count). The van der Waals surface area contributed by atoms with Gasteiger partial charge in [-0.1, -0.05) is 18.2 Å². The number of aliphatic hydroxyl groups is 1. The molecule has 0 aliphatic carbocycles. The Kier molecular flexibility index (Phi) is 9.14. The molecule has 4 atom stereocenters. The van der Waals surface area contributed by atoms with Gasteiger partial charge in [0.05, 0.1) is 40.4 Å². The van der Waals surface area contributed by atoms with Gasteiger partial charge in [0.25, 0.3) is 5.69 Å². The number of hydrogen-bond donors (Lipinski definition) is 3. The number of hydrogen-bond acceptors (Lipinski definition) is 9. The molecule has 0 radical (unpaired) electrons. The topological polar surface area (TPSA) is 157 Å². The van der Waals surface area contributed by atoms with Crippen LogP contribution in [0.4, 0.5) is 5.69 Å². The zero-order chi connectivity index (χ0) is 25.6. The maximum atomic E-state index is 13.3. The third-order valence-electron chi connectivity index (χ3n) is 5.95. The molecule has 0 amide bonds. The number of ether oxygens (including phenoxy) is 3. The number of nitro groups is 1. The van der Waals surface area contributed by atoms with Crippen LogP contribution >= 0.6 is 0 Å². The monoisotopic (exact) mass is 480 g/mol. The van der Waals surface area contributed by atoms with Crippen LogP contribution in [0.1, 0.15) is 46.1 Å². The van der Waals surface area contributed by atoms with Gasteiger partial charge in [-0.15, -0.1) is 0 Å². The second-order valence-electron chi connectivity index (χ2n) is 7.98. The average molecular weight is 481 g/mol. The molecule has 1 aliphatic rings. The molecule has 3 N–H and O–H groups in total. The number of para-hydroxylation sites is 1. The number of aliphatic hydroxyl groups excluding tert-OH is 1. The number of carboxylic acid groups (broad SMARTS) is 1. The maximum absolute atomic E-state index is 13.3. The molecule has 11 nitrogen and oxygen atoms in total. The summed E-state index contributed by atoms with van der Waals surface area (Å²) in [5, 5.41) is 35.9. The summed E-state index contributed by atoms with van der Waals surface area (Å²) in [6.07, 6.45) is -2.38. The van der Waals surface area contributed by atoms with Crippen molar-refractivity contribution in [3.05, 3.63) is 51.2 Å². The van der Waals surface area contributed by atoms with Crippen molar-refractivity contribution in [2.75, 3.05) is 19.8 Å². The maximum Gasteiger partial charge on any atom is 0.336 e. The largest absolute Gasteiger partial charge is 0.481 e. The van der Waals surface area contributed by atoms with Crippen LogP contribution in [-0.4, -0.2) is 64.8 Å². The van der Waals surface area contributed by atoms with Gasteiger partial charge in [0, 0.05) is 30.8 Å². The summed E-state index contributed by atoms with van der Waals surface area (Å²) in [5.74, 6) is -5.06. The quantitative estimate of drug-likeness (QED) is 0.186. The molecule has 1 aromatic carbocycles. The molecule has 0 spiro atoms. The number of rotatable bonds is 11. The van der Waals surface area contributed by atoms with Crippen molar-refractivity contribution >= 4 is 17.6 Å². The summed E-state index contributed by atoms with van der Waals surface area (Å²) in [4.78, 5) is 37.1. The van der Waals surface area contributed by atoms with Crippen LogP contribution in [-0.2, 0) is 23.8 Å². The zero-order valence-corrected chi connectivity index (χ0v) is 19.9. The van der Waals surface area contributed by atoms with Gasteiger partial charge in [-0.3, -0.25) is 14.9 Å². The lowest BCUT2D eigenvalue weighted by Gasteiger charge is -2.48. The van der Waals surface area contributed by atoms with Gasteiger partial charge in [0.1, 0.15) is 0 Å². The van der Waals surface area contributed by atoms with E-state index < -0.39 is 46.6 Å². The lowest BCUT2D eigenvalue weighted by molar-refractivity contribution is -0.385. The highest BCUT2D eigenvalue weighted by Gasteiger charge is 2.56. The van der Waals surface area contributed by atoms with Crippen LogP contribution in [0.25, 0.3) is 0 Å². The standard InChI is InChI=1S/C23H32N2O9/c1-6-32-21(29)17-16(14-11-9-10-12-15(14)25(30)31)18(20(27)28)23(5,13(4)26)24-19(17)22(33-7-2)34-8-3/h9-13,16,18,22,24,26H,6-8H2,1-5H3,(H,27,28). The van der Waals surface area contributed by atoms with E-state index in [9.17, 15) is 29.9 Å². The summed E-state index contributed by atoms with van der Waals surface area (Å²) in [7, 11) is 0. The van der Waals surface area contributed by atoms with Crippen molar-refractivity contribution in [3.63, 3.8) is 0 Å². The Morgan fingerprint density at radius 1 is 1.18 bits per heavy atom. The molecule has 34 heavy (non-hydrogen) atoms. The number of aliphatic carboxylic acids is 1. The Morgan fingerprint density at radius 2 is 1.76 bits per heavy atom. The fraction of sp³-hybridized carbons (Fsp3) is 0.565. The number of benzene rings is 1. The van der Waals surface area contributed by atoms with Crippen molar-refractivity contribution in [1.82, 2.24) is 5.32 Å². The summed E-state index contributed by atoms with van der Waals surface area (Å²) in [6.45, 7) is 8.27. The van der Waals surface area contributed by atoms with Gasteiger partial charge in [-0.05, 0) is 34.6 Å². The molecule has 4 unspecified atom stereocenters. The third kappa shape index (κ3) is 5.21. The smallest absolute Gasteiger partial charge is 0.336 e. The molecule has 11 heteroatoms. The van der Waals surface area contributed by atoms with Crippen LogP contribution in [0.2, 0.25) is 0 Å². The van der Waals surface area contributed by atoms with E-state index in [1.165, 1.54) is 38.1 Å². The van der Waals surface area contributed by atoms with E-state index in [1.54, 1.807) is 20.8 Å². The molecular formula is C23H32N2O9. The Balaban J connectivity index is 3.02. The Morgan fingerprint density at radius 3 is 2.24 bits per heavy atom. The van der Waals surface area contributed by atoms with Crippen molar-refractivity contribution in [1.29, 1.82) is 0 Å². The first-order valence-corrected chi connectivity index (χ1v) is 11.1. The Labute approximate surface area is 197 Å². The van der Waals surface area contributed by atoms with Gasteiger partial charge in [-0.25, -0.2) is 4.79 Å². The average Bonchev–Trinajstić information content (AvgIpc) is 2.77. The van der Waals surface area contributed by atoms with Crippen molar-refractivity contribution < 1.29 is 38.9 Å². The molecule has 0 aromatic heterocycles.